The number of nitrogens with zero attached hydrogens (tertiary/aromatic N) is 2. The number of hydrogen-bond donors (Lipinski definition) is 0. The Labute approximate surface area is 164 Å². The Morgan fingerprint density at radius 2 is 1.93 bits per heavy atom. The number of ether oxygens (including phenoxy) is 2. The van der Waals surface area contributed by atoms with Crippen LogP contribution in [0.3, 0.4) is 0 Å². The van der Waals surface area contributed by atoms with E-state index in [-0.39, 0.29) is 11.3 Å². The number of Topliss-reactive ketones (excluding diaryl/α,β-unsaturated/α-hetero) is 1. The minimum absolute atomic E-state index is 0.000468. The van der Waals surface area contributed by atoms with Crippen LogP contribution in [0.15, 0.2) is 40.9 Å². The van der Waals surface area contributed by atoms with Crippen molar-refractivity contribution in [3.05, 3.63) is 64.7 Å². The fraction of sp³-hybridized carbons (Fsp3) is 0.250. The van der Waals surface area contributed by atoms with Crippen molar-refractivity contribution >= 4 is 11.8 Å². The average Bonchev–Trinajstić information content (AvgIpc) is 3.21. The second kappa shape index (κ2) is 8.26. The molecule has 0 aliphatic rings. The Morgan fingerprint density at radius 3 is 2.59 bits per heavy atom. The van der Waals surface area contributed by atoms with Gasteiger partial charge in [-0.3, -0.25) is 9.36 Å². The van der Waals surface area contributed by atoms with Gasteiger partial charge in [-0.2, -0.15) is 8.78 Å². The molecule has 1 aromatic carbocycles. The molecule has 152 valence electrons. The maximum Gasteiger partial charge on any atom is 0.387 e. The maximum absolute atomic E-state index is 12.6. The molecule has 0 radical (unpaired) electrons. The fourth-order valence-corrected chi connectivity index (χ4v) is 2.95. The van der Waals surface area contributed by atoms with E-state index in [2.05, 4.69) is 9.89 Å². The second-order valence-corrected chi connectivity index (χ2v) is 6.32. The van der Waals surface area contributed by atoms with E-state index < -0.39 is 25.0 Å². The van der Waals surface area contributed by atoms with Gasteiger partial charge in [-0.15, -0.1) is 0 Å². The van der Waals surface area contributed by atoms with E-state index in [1.54, 1.807) is 30.5 Å². The van der Waals surface area contributed by atoms with E-state index in [9.17, 15) is 18.4 Å². The molecule has 0 aliphatic heterocycles. The second-order valence-electron chi connectivity index (χ2n) is 6.32. The number of aromatic nitrogens is 2. The molecule has 0 aliphatic carbocycles. The molecule has 0 atom stereocenters. The molecule has 2 aromatic heterocycles. The van der Waals surface area contributed by atoms with Crippen LogP contribution in [-0.4, -0.2) is 34.7 Å². The van der Waals surface area contributed by atoms with Gasteiger partial charge in [0.15, 0.2) is 12.4 Å². The van der Waals surface area contributed by atoms with Gasteiger partial charge in [-0.05, 0) is 45.0 Å². The van der Waals surface area contributed by atoms with Gasteiger partial charge in [0.2, 0.25) is 5.78 Å². The molecule has 9 heteroatoms. The van der Waals surface area contributed by atoms with Crippen molar-refractivity contribution in [2.45, 2.75) is 27.4 Å². The van der Waals surface area contributed by atoms with Gasteiger partial charge < -0.3 is 14.0 Å². The predicted molar refractivity (Wildman–Crippen MR) is 97.7 cm³/mol. The van der Waals surface area contributed by atoms with Crippen LogP contribution in [0.4, 0.5) is 8.78 Å². The first-order valence-corrected chi connectivity index (χ1v) is 8.64. The summed E-state index contributed by atoms with van der Waals surface area (Å²) < 4.78 is 40.7. The summed E-state index contributed by atoms with van der Waals surface area (Å²) in [6, 6.07) is 8.58. The van der Waals surface area contributed by atoms with Gasteiger partial charge in [0.25, 0.3) is 0 Å². The molecule has 0 saturated heterocycles. The molecule has 0 amide bonds. The molecule has 0 saturated carbocycles. The van der Waals surface area contributed by atoms with Crippen LogP contribution in [0.5, 0.6) is 5.75 Å². The molecule has 0 unspecified atom stereocenters. The third kappa shape index (κ3) is 4.50. The molecule has 0 fully saturated rings. The van der Waals surface area contributed by atoms with E-state index in [1.807, 2.05) is 6.92 Å². The Bertz CT molecular complexity index is 1060. The van der Waals surface area contributed by atoms with Crippen LogP contribution in [0, 0.1) is 20.8 Å². The largest absolute Gasteiger partial charge is 0.454 e. The van der Waals surface area contributed by atoms with Crippen LogP contribution in [-0.2, 0) is 4.74 Å². The van der Waals surface area contributed by atoms with Gasteiger partial charge in [0.1, 0.15) is 11.5 Å². The highest BCUT2D eigenvalue weighted by molar-refractivity contribution is 6.00. The summed E-state index contributed by atoms with van der Waals surface area (Å²) in [4.78, 5) is 24.7. The smallest absolute Gasteiger partial charge is 0.387 e. The number of halogens is 2. The number of rotatable bonds is 7. The standard InChI is InChI=1S/C20H18F2N2O5/c1-11-7-16(13(3)24(11)18-8-12(2)29-23-18)17(25)10-27-19(26)14-5-4-6-15(9-14)28-20(21)22/h4-9,20H,10H2,1-3H3. The number of ketones is 1. The predicted octanol–water partition coefficient (Wildman–Crippen LogP) is 4.03. The van der Waals surface area contributed by atoms with Crippen LogP contribution < -0.4 is 4.74 Å². The summed E-state index contributed by atoms with van der Waals surface area (Å²) in [5.41, 5.74) is 1.77. The Balaban J connectivity index is 1.71. The SMILES string of the molecule is Cc1cc(-n2c(C)cc(C(=O)COC(=O)c3cccc(OC(F)F)c3)c2C)no1. The van der Waals surface area contributed by atoms with Gasteiger partial charge in [-0.1, -0.05) is 11.2 Å². The number of alkyl halides is 2. The first-order valence-electron chi connectivity index (χ1n) is 8.64. The zero-order valence-corrected chi connectivity index (χ0v) is 15.9. The lowest BCUT2D eigenvalue weighted by molar-refractivity contribution is -0.0499. The Morgan fingerprint density at radius 1 is 1.17 bits per heavy atom. The molecule has 29 heavy (non-hydrogen) atoms. The summed E-state index contributed by atoms with van der Waals surface area (Å²) in [6.45, 7) is 1.82. The van der Waals surface area contributed by atoms with E-state index in [1.165, 1.54) is 18.2 Å². The molecular weight excluding hydrogens is 386 g/mol. The quantitative estimate of drug-likeness (QED) is 0.437. The van der Waals surface area contributed by atoms with E-state index in [4.69, 9.17) is 9.26 Å². The molecule has 2 heterocycles. The molecule has 0 spiro atoms. The fourth-order valence-electron chi connectivity index (χ4n) is 2.95. The van der Waals surface area contributed by atoms with Crippen LogP contribution in [0.2, 0.25) is 0 Å². The lowest BCUT2D eigenvalue weighted by atomic mass is 10.1. The topological polar surface area (TPSA) is 83.6 Å². The minimum Gasteiger partial charge on any atom is -0.454 e. The lowest BCUT2D eigenvalue weighted by Crippen LogP contribution is -2.15. The average molecular weight is 404 g/mol. The normalized spacial score (nSPS) is 11.0. The minimum atomic E-state index is -3.01. The van der Waals surface area contributed by atoms with E-state index in [0.717, 1.165) is 11.8 Å². The molecule has 0 bridgehead atoms. The molecule has 3 rings (SSSR count). The van der Waals surface area contributed by atoms with Crippen molar-refractivity contribution in [1.82, 2.24) is 9.72 Å². The van der Waals surface area contributed by atoms with Crippen molar-refractivity contribution in [2.24, 2.45) is 0 Å². The van der Waals surface area contributed by atoms with Crippen molar-refractivity contribution in [3.8, 4) is 11.6 Å². The van der Waals surface area contributed by atoms with Gasteiger partial charge in [0.05, 0.1) is 5.56 Å². The first-order chi connectivity index (χ1) is 13.8. The van der Waals surface area contributed by atoms with Gasteiger partial charge in [-0.25, -0.2) is 4.79 Å². The Kier molecular flexibility index (Phi) is 5.76. The summed E-state index contributed by atoms with van der Waals surface area (Å²) in [5.74, 6) is -0.221. The molecular formula is C20H18F2N2O5. The highest BCUT2D eigenvalue weighted by Crippen LogP contribution is 2.22. The number of esters is 1. The molecule has 0 N–H and O–H groups in total. The zero-order chi connectivity index (χ0) is 21.1. The van der Waals surface area contributed by atoms with Crippen molar-refractivity contribution in [2.75, 3.05) is 6.61 Å². The monoisotopic (exact) mass is 404 g/mol. The highest BCUT2D eigenvalue weighted by atomic mass is 19.3. The number of carbonyl (C=O) groups is 2. The molecule has 3 aromatic rings. The van der Waals surface area contributed by atoms with E-state index >= 15 is 0 Å². The maximum atomic E-state index is 12.6. The number of carbonyl (C=O) groups excluding carboxylic acids is 2. The van der Waals surface area contributed by atoms with Crippen molar-refractivity contribution in [1.29, 1.82) is 0 Å². The Hall–Kier alpha value is -3.49. The van der Waals surface area contributed by atoms with Crippen molar-refractivity contribution < 1.29 is 32.4 Å². The van der Waals surface area contributed by atoms with Crippen LogP contribution in [0.1, 0.15) is 37.9 Å². The summed E-state index contributed by atoms with van der Waals surface area (Å²) in [6.07, 6.45) is 0. The number of benzene rings is 1. The molecule has 7 nitrogen and oxygen atoms in total. The zero-order valence-electron chi connectivity index (χ0n) is 15.9. The highest BCUT2D eigenvalue weighted by Gasteiger charge is 2.20. The summed E-state index contributed by atoms with van der Waals surface area (Å²) in [7, 11) is 0. The first kappa shape index (κ1) is 20.2. The van der Waals surface area contributed by atoms with Crippen molar-refractivity contribution in [3.63, 3.8) is 0 Å². The summed E-state index contributed by atoms with van der Waals surface area (Å²) >= 11 is 0. The van der Waals surface area contributed by atoms with Gasteiger partial charge in [0, 0.05) is 23.0 Å². The van der Waals surface area contributed by atoms with E-state index in [0.29, 0.717) is 22.8 Å². The van der Waals surface area contributed by atoms with Crippen LogP contribution in [0.25, 0.3) is 5.82 Å². The number of hydrogen-bond acceptors (Lipinski definition) is 6. The third-order valence-corrected chi connectivity index (χ3v) is 4.21. The third-order valence-electron chi connectivity index (χ3n) is 4.21. The lowest BCUT2D eigenvalue weighted by Gasteiger charge is -2.08. The number of aryl methyl sites for hydroxylation is 2. The summed E-state index contributed by atoms with van der Waals surface area (Å²) in [5, 5.41) is 3.95. The van der Waals surface area contributed by atoms with Crippen LogP contribution >= 0.6 is 0 Å². The van der Waals surface area contributed by atoms with Gasteiger partial charge >= 0.3 is 12.6 Å².